The number of amides is 1. The molecule has 1 aromatic heterocycles. The second kappa shape index (κ2) is 6.19. The van der Waals surface area contributed by atoms with Gasteiger partial charge in [-0.25, -0.2) is 13.6 Å². The van der Waals surface area contributed by atoms with Crippen LogP contribution in [0.4, 0.5) is 0 Å². The summed E-state index contributed by atoms with van der Waals surface area (Å²) in [6.07, 6.45) is 6.16. The first-order valence-corrected chi connectivity index (χ1v) is 8.97. The molecule has 0 aliphatic heterocycles. The average molecular weight is 313 g/mol. The fraction of sp³-hybridized carbons (Fsp3) is 0.643. The molecule has 1 saturated carbocycles. The lowest BCUT2D eigenvalue weighted by Gasteiger charge is -2.16. The van der Waals surface area contributed by atoms with Crippen molar-refractivity contribution >= 4 is 15.9 Å². The van der Waals surface area contributed by atoms with E-state index in [2.05, 4.69) is 12.2 Å². The van der Waals surface area contributed by atoms with Gasteiger partial charge in [0.25, 0.3) is 5.91 Å². The number of hydrogen-bond donors (Lipinski definition) is 2. The van der Waals surface area contributed by atoms with Crippen LogP contribution in [-0.2, 0) is 10.0 Å². The first-order valence-electron chi connectivity index (χ1n) is 7.42. The second-order valence-electron chi connectivity index (χ2n) is 5.61. The first kappa shape index (κ1) is 16.0. The van der Waals surface area contributed by atoms with Crippen LogP contribution in [0.25, 0.3) is 0 Å². The van der Waals surface area contributed by atoms with Gasteiger partial charge in [0.15, 0.2) is 0 Å². The lowest BCUT2D eigenvalue weighted by molar-refractivity contribution is 0.0924. The molecule has 0 radical (unpaired) electrons. The van der Waals surface area contributed by atoms with Crippen LogP contribution < -0.4 is 10.5 Å². The molecule has 6 nitrogen and oxygen atoms in total. The Kier molecular flexibility index (Phi) is 4.73. The third-order valence-electron chi connectivity index (χ3n) is 3.79. The standard InChI is InChI=1S/C14H23N3O3S/c1-3-5-10(4-2)16-14(18)13-8-12(21(15,19)20)9-17(13)11-6-7-11/h8-11H,3-7H2,1-2H3,(H,16,18)(H2,15,19,20). The summed E-state index contributed by atoms with van der Waals surface area (Å²) in [4.78, 5) is 12.4. The number of carbonyl (C=O) groups excluding carboxylic acids is 1. The van der Waals surface area contributed by atoms with Gasteiger partial charge < -0.3 is 9.88 Å². The molecule has 21 heavy (non-hydrogen) atoms. The molecule has 1 unspecified atom stereocenters. The summed E-state index contributed by atoms with van der Waals surface area (Å²) in [7, 11) is -3.79. The van der Waals surface area contributed by atoms with Crippen LogP contribution in [0.3, 0.4) is 0 Å². The summed E-state index contributed by atoms with van der Waals surface area (Å²) in [6, 6.07) is 1.71. The molecule has 0 bridgehead atoms. The van der Waals surface area contributed by atoms with E-state index in [9.17, 15) is 13.2 Å². The molecule has 118 valence electrons. The maximum atomic E-state index is 12.4. The van der Waals surface area contributed by atoms with Crippen LogP contribution in [0, 0.1) is 0 Å². The molecule has 1 heterocycles. The minimum absolute atomic E-state index is 0.00286. The van der Waals surface area contributed by atoms with Crippen LogP contribution in [-0.4, -0.2) is 24.9 Å². The molecular formula is C14H23N3O3S. The Balaban J connectivity index is 2.25. The Labute approximate surface area is 125 Å². The highest BCUT2D eigenvalue weighted by atomic mass is 32.2. The van der Waals surface area contributed by atoms with Gasteiger partial charge in [0.2, 0.25) is 10.0 Å². The highest BCUT2D eigenvalue weighted by molar-refractivity contribution is 7.89. The highest BCUT2D eigenvalue weighted by Gasteiger charge is 2.30. The van der Waals surface area contributed by atoms with Crippen LogP contribution in [0.5, 0.6) is 0 Å². The van der Waals surface area contributed by atoms with Gasteiger partial charge in [0, 0.05) is 18.3 Å². The van der Waals surface area contributed by atoms with Gasteiger partial charge >= 0.3 is 0 Å². The Hall–Kier alpha value is -1.34. The Morgan fingerprint density at radius 1 is 1.48 bits per heavy atom. The van der Waals surface area contributed by atoms with Gasteiger partial charge in [-0.3, -0.25) is 4.79 Å². The fourth-order valence-electron chi connectivity index (χ4n) is 2.43. The maximum absolute atomic E-state index is 12.4. The zero-order valence-electron chi connectivity index (χ0n) is 12.5. The van der Waals surface area contributed by atoms with Crippen LogP contribution >= 0.6 is 0 Å². The summed E-state index contributed by atoms with van der Waals surface area (Å²) in [5.74, 6) is -0.225. The second-order valence-corrected chi connectivity index (χ2v) is 7.17. The molecule has 1 atom stereocenters. The SMILES string of the molecule is CCCC(CC)NC(=O)c1cc(S(N)(=O)=O)cn1C1CC1. The Morgan fingerprint density at radius 3 is 2.62 bits per heavy atom. The van der Waals surface area contributed by atoms with Gasteiger partial charge in [-0.2, -0.15) is 0 Å². The fourth-order valence-corrected chi connectivity index (χ4v) is 2.97. The summed E-state index contributed by atoms with van der Waals surface area (Å²) < 4.78 is 24.7. The predicted octanol–water partition coefficient (Wildman–Crippen LogP) is 1.78. The Morgan fingerprint density at radius 2 is 2.14 bits per heavy atom. The number of aromatic nitrogens is 1. The van der Waals surface area contributed by atoms with Crippen molar-refractivity contribution in [2.24, 2.45) is 5.14 Å². The van der Waals surface area contributed by atoms with Crippen molar-refractivity contribution in [2.45, 2.75) is 62.9 Å². The third-order valence-corrected chi connectivity index (χ3v) is 4.67. The molecular weight excluding hydrogens is 290 g/mol. The minimum atomic E-state index is -3.79. The smallest absolute Gasteiger partial charge is 0.268 e. The molecule has 7 heteroatoms. The number of rotatable bonds is 7. The van der Waals surface area contributed by atoms with Crippen LogP contribution in [0.1, 0.15) is 62.5 Å². The van der Waals surface area contributed by atoms with E-state index in [0.29, 0.717) is 5.69 Å². The lowest BCUT2D eigenvalue weighted by atomic mass is 10.1. The molecule has 1 fully saturated rings. The summed E-state index contributed by atoms with van der Waals surface area (Å²) in [6.45, 7) is 4.09. The van der Waals surface area contributed by atoms with E-state index in [1.54, 1.807) is 4.57 Å². The van der Waals surface area contributed by atoms with Crippen molar-refractivity contribution in [1.29, 1.82) is 0 Å². The molecule has 2 rings (SSSR count). The van der Waals surface area contributed by atoms with Crippen molar-refractivity contribution in [3.63, 3.8) is 0 Å². The van der Waals surface area contributed by atoms with Gasteiger partial charge in [0.1, 0.15) is 10.6 Å². The monoisotopic (exact) mass is 313 g/mol. The molecule has 0 saturated heterocycles. The number of nitrogens with one attached hydrogen (secondary N) is 1. The van der Waals surface area contributed by atoms with Gasteiger partial charge in [-0.15, -0.1) is 0 Å². The molecule has 3 N–H and O–H groups in total. The van der Waals surface area contributed by atoms with Crippen molar-refractivity contribution < 1.29 is 13.2 Å². The molecule has 1 aliphatic carbocycles. The van der Waals surface area contributed by atoms with Crippen LogP contribution in [0.15, 0.2) is 17.2 Å². The van der Waals surface area contributed by atoms with E-state index in [1.807, 2.05) is 6.92 Å². The van der Waals surface area contributed by atoms with E-state index in [1.165, 1.54) is 12.3 Å². The first-order chi connectivity index (χ1) is 9.86. The van der Waals surface area contributed by atoms with E-state index in [-0.39, 0.29) is 22.9 Å². The van der Waals surface area contributed by atoms with Crippen molar-refractivity contribution in [3.05, 3.63) is 18.0 Å². The van der Waals surface area contributed by atoms with E-state index < -0.39 is 10.0 Å². The zero-order valence-corrected chi connectivity index (χ0v) is 13.3. The van der Waals surface area contributed by atoms with E-state index in [4.69, 9.17) is 5.14 Å². The summed E-state index contributed by atoms with van der Waals surface area (Å²) >= 11 is 0. The van der Waals surface area contributed by atoms with Crippen molar-refractivity contribution in [2.75, 3.05) is 0 Å². The quantitative estimate of drug-likeness (QED) is 0.803. The summed E-state index contributed by atoms with van der Waals surface area (Å²) in [5, 5.41) is 8.14. The molecule has 0 spiro atoms. The molecule has 1 aliphatic rings. The topological polar surface area (TPSA) is 94.2 Å². The normalized spacial score (nSPS) is 16.7. The van der Waals surface area contributed by atoms with Gasteiger partial charge in [-0.1, -0.05) is 20.3 Å². The zero-order chi connectivity index (χ0) is 15.6. The third kappa shape index (κ3) is 3.85. The average Bonchev–Trinajstić information content (AvgIpc) is 3.14. The number of hydrogen-bond acceptors (Lipinski definition) is 3. The van der Waals surface area contributed by atoms with Gasteiger partial charge in [0.05, 0.1) is 0 Å². The number of primary sulfonamides is 1. The van der Waals surface area contributed by atoms with Crippen molar-refractivity contribution in [1.82, 2.24) is 9.88 Å². The van der Waals surface area contributed by atoms with E-state index >= 15 is 0 Å². The summed E-state index contributed by atoms with van der Waals surface area (Å²) in [5.41, 5.74) is 0.385. The molecule has 1 amide bonds. The molecule has 0 aromatic carbocycles. The van der Waals surface area contributed by atoms with Gasteiger partial charge in [-0.05, 0) is 31.7 Å². The predicted molar refractivity (Wildman–Crippen MR) is 80.5 cm³/mol. The Bertz CT molecular complexity index is 617. The number of sulfonamides is 1. The van der Waals surface area contributed by atoms with E-state index in [0.717, 1.165) is 32.1 Å². The lowest BCUT2D eigenvalue weighted by Crippen LogP contribution is -2.35. The number of nitrogens with two attached hydrogens (primary N) is 1. The number of nitrogens with zero attached hydrogens (tertiary/aromatic N) is 1. The molecule has 1 aromatic rings. The van der Waals surface area contributed by atoms with Crippen molar-refractivity contribution in [3.8, 4) is 0 Å². The number of carbonyl (C=O) groups is 1. The van der Waals surface area contributed by atoms with Crippen LogP contribution in [0.2, 0.25) is 0 Å². The minimum Gasteiger partial charge on any atom is -0.348 e. The maximum Gasteiger partial charge on any atom is 0.268 e. The largest absolute Gasteiger partial charge is 0.348 e. The highest BCUT2D eigenvalue weighted by Crippen LogP contribution is 2.37.